The van der Waals surface area contributed by atoms with E-state index in [2.05, 4.69) is 16.1 Å². The Kier molecular flexibility index (Phi) is 12.5. The van der Waals surface area contributed by atoms with Gasteiger partial charge in [0.05, 0.1) is 12.6 Å². The molecule has 0 aliphatic carbocycles. The van der Waals surface area contributed by atoms with Crippen molar-refractivity contribution in [3.8, 4) is 0 Å². The summed E-state index contributed by atoms with van der Waals surface area (Å²) in [6.07, 6.45) is -1.62. The summed E-state index contributed by atoms with van der Waals surface area (Å²) in [6.45, 7) is 9.39. The monoisotopic (exact) mass is 537 g/mol. The lowest BCUT2D eigenvalue weighted by atomic mass is 9.96. The molecule has 208 valence electrons. The number of nitrogens with zero attached hydrogens (tertiary/aromatic N) is 2. The van der Waals surface area contributed by atoms with Gasteiger partial charge in [0.1, 0.15) is 18.8 Å². The van der Waals surface area contributed by atoms with Crippen molar-refractivity contribution in [1.82, 2.24) is 26.0 Å². The van der Waals surface area contributed by atoms with Crippen LogP contribution in [0.5, 0.6) is 0 Å². The summed E-state index contributed by atoms with van der Waals surface area (Å²) in [5.74, 6) is -0.0632. The maximum absolute atomic E-state index is 13.3. The van der Waals surface area contributed by atoms with Crippen LogP contribution < -0.4 is 16.1 Å². The van der Waals surface area contributed by atoms with E-state index in [-0.39, 0.29) is 29.5 Å². The highest BCUT2D eigenvalue weighted by Crippen LogP contribution is 2.17. The first-order valence-electron chi connectivity index (χ1n) is 12.8. The van der Waals surface area contributed by atoms with Gasteiger partial charge in [-0.05, 0) is 56.6 Å². The van der Waals surface area contributed by atoms with Crippen LogP contribution in [0.2, 0.25) is 0 Å². The van der Waals surface area contributed by atoms with Crippen LogP contribution in [0.1, 0.15) is 46.1 Å². The van der Waals surface area contributed by atoms with Gasteiger partial charge in [-0.1, -0.05) is 58.0 Å². The van der Waals surface area contributed by atoms with E-state index in [9.17, 15) is 14.7 Å². The molecule has 10 nitrogen and oxygen atoms in total. The number of aliphatic hydroxyl groups excluding tert-OH is 1. The van der Waals surface area contributed by atoms with Crippen LogP contribution in [-0.4, -0.2) is 83.8 Å². The van der Waals surface area contributed by atoms with Crippen LogP contribution in [0.3, 0.4) is 0 Å². The molecule has 0 radical (unpaired) electrons. The molecule has 2 unspecified atom stereocenters. The largest absolute Gasteiger partial charge is 0.446 e. The number of carbonyl (C=O) groups excluding carboxylic acids is 2. The molecule has 0 bridgehead atoms. The summed E-state index contributed by atoms with van der Waals surface area (Å²) < 4.78 is 11.0. The predicted molar refractivity (Wildman–Crippen MR) is 146 cm³/mol. The Morgan fingerprint density at radius 1 is 1.14 bits per heavy atom. The lowest BCUT2D eigenvalue weighted by Crippen LogP contribution is -2.57. The zero-order valence-corrected chi connectivity index (χ0v) is 23.6. The van der Waals surface area contributed by atoms with E-state index < -0.39 is 30.5 Å². The maximum atomic E-state index is 13.3. The number of alkyl carbamates (subject to hydrolysis) is 1. The Labute approximate surface area is 226 Å². The lowest BCUT2D eigenvalue weighted by Gasteiger charge is -2.30. The van der Waals surface area contributed by atoms with Crippen LogP contribution in [0.25, 0.3) is 0 Å². The number of rotatable bonds is 14. The summed E-state index contributed by atoms with van der Waals surface area (Å²) in [5, 5.41) is 18.7. The molecule has 1 saturated heterocycles. The number of aliphatic hydroxyl groups is 1. The molecule has 1 fully saturated rings. The van der Waals surface area contributed by atoms with Crippen molar-refractivity contribution >= 4 is 29.4 Å². The van der Waals surface area contributed by atoms with Gasteiger partial charge in [0.2, 0.25) is 5.91 Å². The Morgan fingerprint density at radius 2 is 1.78 bits per heavy atom. The summed E-state index contributed by atoms with van der Waals surface area (Å²) in [6, 6.07) is 7.88. The number of amides is 2. The number of hydrazine groups is 1. The second kappa shape index (κ2) is 15.1. The van der Waals surface area contributed by atoms with Gasteiger partial charge >= 0.3 is 6.09 Å². The topological polar surface area (TPSA) is 115 Å². The van der Waals surface area contributed by atoms with Crippen molar-refractivity contribution in [3.63, 3.8) is 0 Å². The van der Waals surface area contributed by atoms with Crippen molar-refractivity contribution in [2.24, 2.45) is 11.8 Å². The molecule has 11 heteroatoms. The van der Waals surface area contributed by atoms with Gasteiger partial charge < -0.3 is 30.1 Å². The Balaban J connectivity index is 2.03. The quantitative estimate of drug-likeness (QED) is 0.265. The minimum Gasteiger partial charge on any atom is -0.446 e. The van der Waals surface area contributed by atoms with E-state index in [0.29, 0.717) is 19.4 Å². The van der Waals surface area contributed by atoms with Gasteiger partial charge in [0, 0.05) is 6.54 Å². The summed E-state index contributed by atoms with van der Waals surface area (Å²) >= 11 is 5.31. The fourth-order valence-corrected chi connectivity index (χ4v) is 4.15. The molecule has 1 aliphatic heterocycles. The van der Waals surface area contributed by atoms with E-state index in [1.165, 1.54) is 0 Å². The first-order valence-corrected chi connectivity index (χ1v) is 13.2. The number of likely N-dealkylation sites (N-methyl/N-ethyl adjacent to an activating group) is 1. The third kappa shape index (κ3) is 10.8. The molecule has 1 aromatic carbocycles. The van der Waals surface area contributed by atoms with Crippen LogP contribution >= 0.6 is 12.2 Å². The second-order valence-corrected chi connectivity index (χ2v) is 10.9. The number of ether oxygens (including phenoxy) is 2. The van der Waals surface area contributed by atoms with Crippen molar-refractivity contribution in [1.29, 1.82) is 0 Å². The molecular weight excluding hydrogens is 494 g/mol. The van der Waals surface area contributed by atoms with Gasteiger partial charge in [-0.25, -0.2) is 4.79 Å². The Morgan fingerprint density at radius 3 is 2.38 bits per heavy atom. The number of thiocarbonyl (C=S) groups is 1. The van der Waals surface area contributed by atoms with Gasteiger partial charge in [-0.2, -0.15) is 5.43 Å². The summed E-state index contributed by atoms with van der Waals surface area (Å²) in [7, 11) is 3.92. The third-order valence-electron chi connectivity index (χ3n) is 5.81. The van der Waals surface area contributed by atoms with E-state index >= 15 is 0 Å². The van der Waals surface area contributed by atoms with Crippen LogP contribution in [-0.2, 0) is 20.9 Å². The molecule has 0 saturated carbocycles. The molecule has 1 aromatic rings. The minimum atomic E-state index is -1.07. The van der Waals surface area contributed by atoms with E-state index in [4.69, 9.17) is 21.7 Å². The fourth-order valence-electron chi connectivity index (χ4n) is 3.90. The maximum Gasteiger partial charge on any atom is 0.408 e. The first kappa shape index (κ1) is 30.8. The molecule has 4 atom stereocenters. The third-order valence-corrected chi connectivity index (χ3v) is 6.12. The minimum absolute atomic E-state index is 0.103. The molecule has 2 amide bonds. The Hall–Kier alpha value is -2.47. The van der Waals surface area contributed by atoms with Crippen molar-refractivity contribution in [3.05, 3.63) is 35.9 Å². The molecular formula is C26H43N5O5S. The van der Waals surface area contributed by atoms with Gasteiger partial charge in [0.25, 0.3) is 5.17 Å². The molecule has 0 aromatic heterocycles. The standard InChI is InChI=1S/C26H43N5O5S/c1-17(2)14-20(22(32)24-29-31(26(37)36-24)13-12-30(5)6)27-23(33)21(15-18(3)4)28-25(34)35-16-19-10-8-7-9-11-19/h7-11,17-18,20-22,24,29,32H,12-16H2,1-6H3,(H,27,33)(H,28,34)/t20-,21-,22?,24?/m0/s1. The zero-order chi connectivity index (χ0) is 27.5. The summed E-state index contributed by atoms with van der Waals surface area (Å²) in [5.41, 5.74) is 3.95. The molecule has 2 rings (SSSR count). The van der Waals surface area contributed by atoms with Gasteiger partial charge in [-0.3, -0.25) is 9.80 Å². The molecule has 0 spiro atoms. The molecule has 1 heterocycles. The van der Waals surface area contributed by atoms with Crippen LogP contribution in [0.4, 0.5) is 4.79 Å². The van der Waals surface area contributed by atoms with Crippen LogP contribution in [0.15, 0.2) is 30.3 Å². The molecule has 4 N–H and O–H groups in total. The number of carbonyl (C=O) groups is 2. The highest BCUT2D eigenvalue weighted by Gasteiger charge is 2.38. The second-order valence-electron chi connectivity index (χ2n) is 10.5. The molecule has 1 aliphatic rings. The van der Waals surface area contributed by atoms with Crippen molar-refractivity contribution in [2.45, 2.75) is 71.6 Å². The van der Waals surface area contributed by atoms with Crippen molar-refractivity contribution in [2.75, 3.05) is 27.2 Å². The Bertz CT molecular complexity index is 870. The molecule has 37 heavy (non-hydrogen) atoms. The number of hydrogen-bond donors (Lipinski definition) is 4. The lowest BCUT2D eigenvalue weighted by molar-refractivity contribution is -0.126. The van der Waals surface area contributed by atoms with E-state index in [1.807, 2.05) is 77.0 Å². The van der Waals surface area contributed by atoms with E-state index in [1.54, 1.807) is 5.01 Å². The smallest absolute Gasteiger partial charge is 0.408 e. The average molecular weight is 538 g/mol. The predicted octanol–water partition coefficient (Wildman–Crippen LogP) is 2.23. The van der Waals surface area contributed by atoms with Gasteiger partial charge in [0.15, 0.2) is 6.23 Å². The summed E-state index contributed by atoms with van der Waals surface area (Å²) in [4.78, 5) is 27.8. The highest BCUT2D eigenvalue weighted by molar-refractivity contribution is 7.80. The average Bonchev–Trinajstić information content (AvgIpc) is 3.20. The number of hydrogen-bond acceptors (Lipinski definition) is 8. The fraction of sp³-hybridized carbons (Fsp3) is 0.654. The van der Waals surface area contributed by atoms with Gasteiger partial charge in [-0.15, -0.1) is 0 Å². The van der Waals surface area contributed by atoms with Crippen molar-refractivity contribution < 1.29 is 24.2 Å². The SMILES string of the molecule is CC(C)C[C@H](NC(=O)OCc1ccccc1)C(=O)N[C@@H](CC(C)C)C(O)C1NN(CCN(C)C)C(=S)O1. The highest BCUT2D eigenvalue weighted by atomic mass is 32.1. The van der Waals surface area contributed by atoms with E-state index in [0.717, 1.165) is 12.1 Å². The zero-order valence-electron chi connectivity index (χ0n) is 22.8. The van der Waals surface area contributed by atoms with Crippen LogP contribution in [0, 0.1) is 11.8 Å². The number of nitrogens with one attached hydrogen (secondary N) is 3. The normalized spacial score (nSPS) is 18.1. The first-order chi connectivity index (χ1) is 17.5. The number of benzene rings is 1.